The van der Waals surface area contributed by atoms with Crippen molar-refractivity contribution in [2.24, 2.45) is 10.9 Å². The van der Waals surface area contributed by atoms with Gasteiger partial charge in [-0.3, -0.25) is 4.99 Å². The summed E-state index contributed by atoms with van der Waals surface area (Å²) in [6.45, 7) is 28.3. The average molecular weight is 598 g/mol. The van der Waals surface area contributed by atoms with Gasteiger partial charge in [-0.15, -0.1) is 0 Å². The molecular formula is C35H65F2N3O2. The summed E-state index contributed by atoms with van der Waals surface area (Å²) in [5, 5.41) is 0. The van der Waals surface area contributed by atoms with Crippen molar-refractivity contribution in [2.75, 3.05) is 19.6 Å². The molecule has 0 radical (unpaired) electrons. The number of allylic oxidation sites excluding steroid dienone is 5. The highest BCUT2D eigenvalue weighted by Crippen LogP contribution is 2.38. The van der Waals surface area contributed by atoms with E-state index in [4.69, 9.17) is 4.74 Å². The molecule has 246 valence electrons. The van der Waals surface area contributed by atoms with E-state index in [1.54, 1.807) is 0 Å². The van der Waals surface area contributed by atoms with Gasteiger partial charge in [-0.2, -0.15) is 0 Å². The summed E-state index contributed by atoms with van der Waals surface area (Å²) in [5.41, 5.74) is 2.85. The summed E-state index contributed by atoms with van der Waals surface area (Å²) < 4.78 is 31.1. The molecule has 2 rings (SSSR count). The lowest BCUT2D eigenvalue weighted by molar-refractivity contribution is -0.0535. The second-order valence-electron chi connectivity index (χ2n) is 11.6. The van der Waals surface area contributed by atoms with Gasteiger partial charge in [0.2, 0.25) is 5.92 Å². The second kappa shape index (κ2) is 22.4. The van der Waals surface area contributed by atoms with Gasteiger partial charge in [0.05, 0.1) is 0 Å². The lowest BCUT2D eigenvalue weighted by atomic mass is 9.84. The molecule has 2 unspecified atom stereocenters. The summed E-state index contributed by atoms with van der Waals surface area (Å²) in [5.74, 6) is -2.05. The Hall–Kier alpha value is -2.18. The number of piperazine rings is 1. The molecule has 2 aliphatic rings. The van der Waals surface area contributed by atoms with Crippen LogP contribution in [-0.4, -0.2) is 58.8 Å². The molecule has 1 aliphatic carbocycles. The van der Waals surface area contributed by atoms with Crippen molar-refractivity contribution in [3.05, 3.63) is 35.7 Å². The minimum atomic E-state index is -2.35. The van der Waals surface area contributed by atoms with Crippen LogP contribution in [0.25, 0.3) is 0 Å². The zero-order valence-corrected chi connectivity index (χ0v) is 29.4. The predicted molar refractivity (Wildman–Crippen MR) is 179 cm³/mol. The van der Waals surface area contributed by atoms with Crippen LogP contribution < -0.4 is 0 Å². The van der Waals surface area contributed by atoms with E-state index < -0.39 is 11.5 Å². The Morgan fingerprint density at radius 1 is 1.10 bits per heavy atom. The van der Waals surface area contributed by atoms with Crippen molar-refractivity contribution < 1.29 is 18.3 Å². The molecule has 0 spiro atoms. The number of hydrogen-bond acceptors (Lipinski definition) is 4. The summed E-state index contributed by atoms with van der Waals surface area (Å²) in [4.78, 5) is 21.2. The molecule has 7 heteroatoms. The fraction of sp³-hybridized carbons (Fsp3) is 0.771. The van der Waals surface area contributed by atoms with Crippen LogP contribution in [0.4, 0.5) is 13.6 Å². The number of ether oxygens (including phenoxy) is 1. The van der Waals surface area contributed by atoms with Gasteiger partial charge in [0.25, 0.3) is 0 Å². The number of hydrogen-bond donors (Lipinski definition) is 0. The fourth-order valence-corrected chi connectivity index (χ4v) is 4.96. The second-order valence-corrected chi connectivity index (χ2v) is 11.6. The quantitative estimate of drug-likeness (QED) is 0.217. The van der Waals surface area contributed by atoms with Crippen LogP contribution in [0.1, 0.15) is 135 Å². The lowest BCUT2D eigenvalue weighted by Gasteiger charge is -2.42. The van der Waals surface area contributed by atoms with Gasteiger partial charge >= 0.3 is 6.09 Å². The SMILES string of the molecule is CC.CC.CCCC1CCCC(F)(F)C1.C\C=C/C(C(/C)=N/C=C/CC)=C(/C)N1CCN(C(=O)OC(C)(C)C)C(C)C1. The van der Waals surface area contributed by atoms with E-state index in [2.05, 4.69) is 43.7 Å². The van der Waals surface area contributed by atoms with Crippen LogP contribution in [0.15, 0.2) is 40.7 Å². The molecule has 1 saturated heterocycles. The lowest BCUT2D eigenvalue weighted by Crippen LogP contribution is -2.54. The highest BCUT2D eigenvalue weighted by atomic mass is 19.3. The third-order valence-corrected chi connectivity index (χ3v) is 6.89. The number of amides is 1. The Bertz CT molecular complexity index is 855. The first-order valence-electron chi connectivity index (χ1n) is 16.4. The predicted octanol–water partition coefficient (Wildman–Crippen LogP) is 10.8. The summed E-state index contributed by atoms with van der Waals surface area (Å²) in [6.07, 6.45) is 12.8. The van der Waals surface area contributed by atoms with Crippen molar-refractivity contribution in [1.82, 2.24) is 9.80 Å². The Morgan fingerprint density at radius 3 is 2.19 bits per heavy atom. The largest absolute Gasteiger partial charge is 0.444 e. The molecule has 2 fully saturated rings. The maximum Gasteiger partial charge on any atom is 0.410 e. The molecule has 1 saturated carbocycles. The van der Waals surface area contributed by atoms with Crippen LogP contribution in [-0.2, 0) is 4.74 Å². The minimum Gasteiger partial charge on any atom is -0.444 e. The van der Waals surface area contributed by atoms with Gasteiger partial charge in [-0.05, 0) is 67.2 Å². The molecule has 2 atom stereocenters. The first kappa shape index (κ1) is 42.0. The number of aliphatic imine (C=N–C) groups is 1. The molecule has 1 aliphatic heterocycles. The molecule has 0 aromatic rings. The van der Waals surface area contributed by atoms with Crippen LogP contribution in [0.2, 0.25) is 0 Å². The fourth-order valence-electron chi connectivity index (χ4n) is 4.96. The van der Waals surface area contributed by atoms with Gasteiger partial charge < -0.3 is 14.5 Å². The highest BCUT2D eigenvalue weighted by molar-refractivity contribution is 6.01. The number of rotatable bonds is 7. The molecule has 0 bridgehead atoms. The number of nitrogens with zero attached hydrogens (tertiary/aromatic N) is 3. The molecule has 0 aromatic carbocycles. The Kier molecular flexibility index (Phi) is 22.3. The highest BCUT2D eigenvalue weighted by Gasteiger charge is 2.35. The van der Waals surface area contributed by atoms with Crippen LogP contribution >= 0.6 is 0 Å². The number of carbonyl (C=O) groups is 1. The van der Waals surface area contributed by atoms with Crippen LogP contribution in [0.5, 0.6) is 0 Å². The van der Waals surface area contributed by atoms with E-state index in [-0.39, 0.29) is 25.0 Å². The first-order chi connectivity index (χ1) is 19.7. The number of alkyl halides is 2. The molecule has 1 heterocycles. The normalized spacial score (nSPS) is 21.4. The van der Waals surface area contributed by atoms with Gasteiger partial charge in [-0.25, -0.2) is 13.6 Å². The van der Waals surface area contributed by atoms with E-state index in [0.717, 1.165) is 56.5 Å². The Balaban J connectivity index is 0. The molecule has 42 heavy (non-hydrogen) atoms. The van der Waals surface area contributed by atoms with Gasteiger partial charge in [-0.1, -0.05) is 79.0 Å². The van der Waals surface area contributed by atoms with E-state index in [9.17, 15) is 13.6 Å². The van der Waals surface area contributed by atoms with Crippen molar-refractivity contribution >= 4 is 11.8 Å². The monoisotopic (exact) mass is 598 g/mol. The van der Waals surface area contributed by atoms with Gasteiger partial charge in [0, 0.05) is 61.7 Å². The smallest absolute Gasteiger partial charge is 0.410 e. The maximum atomic E-state index is 12.8. The summed E-state index contributed by atoms with van der Waals surface area (Å²) in [6, 6.07) is 0.0904. The van der Waals surface area contributed by atoms with E-state index in [0.29, 0.717) is 12.5 Å². The number of halogens is 2. The average Bonchev–Trinajstić information content (AvgIpc) is 2.92. The molecular weight excluding hydrogens is 532 g/mol. The maximum absolute atomic E-state index is 12.8. The van der Waals surface area contributed by atoms with Crippen molar-refractivity contribution in [1.29, 1.82) is 0 Å². The van der Waals surface area contributed by atoms with E-state index >= 15 is 0 Å². The Labute approximate surface area is 258 Å². The van der Waals surface area contributed by atoms with Crippen LogP contribution in [0.3, 0.4) is 0 Å². The standard InChI is InChI=1S/C22H37N3O2.C9H16F2.2C2H6/c1-9-11-13-23-18(4)20(12-10-2)19(5)24-14-15-25(17(3)16-24)21(26)27-22(6,7)8;1-2-4-8-5-3-6-9(10,11)7-8;2*1-2/h10-13,17H,9,14-16H2,1-8H3;8H,2-7H2,1H3;2*1-2H3/b12-10-,13-11+,20-19+,23-18+;;;. The van der Waals surface area contributed by atoms with Crippen molar-refractivity contribution in [3.8, 4) is 0 Å². The molecule has 0 aromatic heterocycles. The molecule has 5 nitrogen and oxygen atoms in total. The van der Waals surface area contributed by atoms with E-state index in [1.165, 1.54) is 5.70 Å². The van der Waals surface area contributed by atoms with Gasteiger partial charge in [0.15, 0.2) is 0 Å². The Morgan fingerprint density at radius 2 is 1.71 bits per heavy atom. The summed E-state index contributed by atoms with van der Waals surface area (Å²) >= 11 is 0. The summed E-state index contributed by atoms with van der Waals surface area (Å²) in [7, 11) is 0. The number of carbonyl (C=O) groups excluding carboxylic acids is 1. The first-order valence-corrected chi connectivity index (χ1v) is 16.4. The zero-order valence-electron chi connectivity index (χ0n) is 29.4. The van der Waals surface area contributed by atoms with Crippen molar-refractivity contribution in [2.45, 2.75) is 153 Å². The third-order valence-electron chi connectivity index (χ3n) is 6.89. The molecule has 1 amide bonds. The minimum absolute atomic E-state index is 0.0904. The zero-order chi connectivity index (χ0) is 32.9. The van der Waals surface area contributed by atoms with E-state index in [1.807, 2.05) is 85.6 Å². The van der Waals surface area contributed by atoms with Crippen molar-refractivity contribution in [3.63, 3.8) is 0 Å². The third kappa shape index (κ3) is 17.1. The molecule has 0 N–H and O–H groups in total. The van der Waals surface area contributed by atoms with Crippen LogP contribution in [0, 0.1) is 5.92 Å². The topological polar surface area (TPSA) is 45.1 Å². The van der Waals surface area contributed by atoms with Gasteiger partial charge in [0.1, 0.15) is 5.60 Å².